The van der Waals surface area contributed by atoms with Crippen molar-refractivity contribution in [2.75, 3.05) is 0 Å². The monoisotopic (exact) mass is 240 g/mol. The standard InChI is InChI=1S/C9H6Cl2N4/c1-5-3-2-4-6(12-5)7-13-8(10)15-9(11)14-7/h2-4H,1H3. The third-order valence-corrected chi connectivity index (χ3v) is 2.04. The van der Waals surface area contributed by atoms with Gasteiger partial charge in [0, 0.05) is 5.69 Å². The predicted molar refractivity (Wildman–Crippen MR) is 57.8 cm³/mol. The van der Waals surface area contributed by atoms with E-state index in [0.29, 0.717) is 11.5 Å². The molecule has 0 aliphatic heterocycles. The van der Waals surface area contributed by atoms with Crippen LogP contribution in [0.1, 0.15) is 5.69 Å². The molecule has 0 aliphatic carbocycles. The number of rotatable bonds is 1. The van der Waals surface area contributed by atoms with Crippen LogP contribution in [0, 0.1) is 6.92 Å². The molecular weight excluding hydrogens is 235 g/mol. The van der Waals surface area contributed by atoms with Crippen LogP contribution < -0.4 is 0 Å². The Kier molecular flexibility index (Phi) is 2.79. The molecule has 0 atom stereocenters. The summed E-state index contributed by atoms with van der Waals surface area (Å²) in [4.78, 5) is 15.8. The summed E-state index contributed by atoms with van der Waals surface area (Å²) in [6.45, 7) is 1.88. The van der Waals surface area contributed by atoms with Crippen LogP contribution in [0.3, 0.4) is 0 Å². The van der Waals surface area contributed by atoms with Gasteiger partial charge in [0.05, 0.1) is 0 Å². The number of pyridine rings is 1. The SMILES string of the molecule is Cc1cccc(-c2nc(Cl)nc(Cl)n2)n1. The quantitative estimate of drug-likeness (QED) is 0.769. The summed E-state index contributed by atoms with van der Waals surface area (Å²) >= 11 is 11.3. The van der Waals surface area contributed by atoms with E-state index in [0.717, 1.165) is 5.69 Å². The Balaban J connectivity index is 2.54. The summed E-state index contributed by atoms with van der Waals surface area (Å²) in [5.74, 6) is 0.378. The van der Waals surface area contributed by atoms with Gasteiger partial charge in [-0.15, -0.1) is 0 Å². The minimum Gasteiger partial charge on any atom is -0.250 e. The van der Waals surface area contributed by atoms with Gasteiger partial charge in [-0.3, -0.25) is 0 Å². The topological polar surface area (TPSA) is 51.6 Å². The van der Waals surface area contributed by atoms with Crippen molar-refractivity contribution in [1.82, 2.24) is 19.9 Å². The average Bonchev–Trinajstić information content (AvgIpc) is 2.16. The number of halogens is 2. The molecule has 0 fully saturated rings. The Bertz CT molecular complexity index is 481. The van der Waals surface area contributed by atoms with E-state index in [2.05, 4.69) is 19.9 Å². The van der Waals surface area contributed by atoms with E-state index in [1.165, 1.54) is 0 Å². The molecule has 2 aromatic heterocycles. The molecule has 0 radical (unpaired) electrons. The summed E-state index contributed by atoms with van der Waals surface area (Å²) in [6, 6.07) is 5.53. The van der Waals surface area contributed by atoms with Gasteiger partial charge in [-0.05, 0) is 42.3 Å². The Morgan fingerprint density at radius 3 is 2.20 bits per heavy atom. The Morgan fingerprint density at radius 1 is 0.933 bits per heavy atom. The van der Waals surface area contributed by atoms with Crippen molar-refractivity contribution in [3.8, 4) is 11.5 Å². The van der Waals surface area contributed by atoms with E-state index in [9.17, 15) is 0 Å². The molecular formula is C9H6Cl2N4. The fourth-order valence-corrected chi connectivity index (χ4v) is 1.47. The van der Waals surface area contributed by atoms with Crippen LogP contribution in [0.4, 0.5) is 0 Å². The van der Waals surface area contributed by atoms with E-state index in [1.807, 2.05) is 19.1 Å². The first kappa shape index (κ1) is 10.3. The maximum Gasteiger partial charge on any atom is 0.227 e. The van der Waals surface area contributed by atoms with Crippen molar-refractivity contribution < 1.29 is 0 Å². The maximum atomic E-state index is 5.67. The lowest BCUT2D eigenvalue weighted by molar-refractivity contribution is 1.04. The first-order valence-corrected chi connectivity index (χ1v) is 4.92. The van der Waals surface area contributed by atoms with Crippen molar-refractivity contribution in [2.45, 2.75) is 6.92 Å². The lowest BCUT2D eigenvalue weighted by Gasteiger charge is -2.00. The molecule has 0 unspecified atom stereocenters. The molecule has 0 bridgehead atoms. The van der Waals surface area contributed by atoms with Crippen molar-refractivity contribution in [3.05, 3.63) is 34.5 Å². The predicted octanol–water partition coefficient (Wildman–Crippen LogP) is 2.55. The average molecular weight is 241 g/mol. The third-order valence-electron chi connectivity index (χ3n) is 1.70. The van der Waals surface area contributed by atoms with Gasteiger partial charge in [-0.2, -0.15) is 15.0 Å². The van der Waals surface area contributed by atoms with E-state index in [1.54, 1.807) is 6.07 Å². The molecule has 0 spiro atoms. The summed E-state index contributed by atoms with van der Waals surface area (Å²) in [5.41, 5.74) is 1.50. The van der Waals surface area contributed by atoms with Crippen molar-refractivity contribution in [2.24, 2.45) is 0 Å². The lowest BCUT2D eigenvalue weighted by atomic mass is 10.3. The van der Waals surface area contributed by atoms with Crippen molar-refractivity contribution in [3.63, 3.8) is 0 Å². The van der Waals surface area contributed by atoms with Gasteiger partial charge in [0.1, 0.15) is 5.69 Å². The van der Waals surface area contributed by atoms with E-state index >= 15 is 0 Å². The molecule has 2 rings (SSSR count). The van der Waals surface area contributed by atoms with E-state index in [-0.39, 0.29) is 10.6 Å². The summed E-state index contributed by atoms with van der Waals surface area (Å²) in [7, 11) is 0. The molecule has 6 heteroatoms. The van der Waals surface area contributed by atoms with Gasteiger partial charge < -0.3 is 0 Å². The van der Waals surface area contributed by atoms with Gasteiger partial charge in [-0.1, -0.05) is 6.07 Å². The zero-order chi connectivity index (χ0) is 10.8. The molecule has 4 nitrogen and oxygen atoms in total. The van der Waals surface area contributed by atoms with Crippen LogP contribution in [0.5, 0.6) is 0 Å². The van der Waals surface area contributed by atoms with Gasteiger partial charge >= 0.3 is 0 Å². The van der Waals surface area contributed by atoms with Crippen LogP contribution in [0.25, 0.3) is 11.5 Å². The van der Waals surface area contributed by atoms with Crippen LogP contribution >= 0.6 is 23.2 Å². The fourth-order valence-electron chi connectivity index (χ4n) is 1.11. The number of nitrogens with zero attached hydrogens (tertiary/aromatic N) is 4. The summed E-state index contributed by atoms with van der Waals surface area (Å²) in [6.07, 6.45) is 0. The second kappa shape index (κ2) is 4.08. The molecule has 0 saturated carbocycles. The number of aromatic nitrogens is 4. The van der Waals surface area contributed by atoms with Gasteiger partial charge in [0.25, 0.3) is 0 Å². The second-order valence-electron chi connectivity index (χ2n) is 2.86. The first-order valence-electron chi connectivity index (χ1n) is 4.16. The van der Waals surface area contributed by atoms with Crippen molar-refractivity contribution in [1.29, 1.82) is 0 Å². The lowest BCUT2D eigenvalue weighted by Crippen LogP contribution is -1.96. The number of hydrogen-bond acceptors (Lipinski definition) is 4. The normalized spacial score (nSPS) is 10.3. The highest BCUT2D eigenvalue weighted by Crippen LogP contribution is 2.15. The molecule has 0 N–H and O–H groups in total. The molecule has 0 aliphatic rings. The highest BCUT2D eigenvalue weighted by molar-refractivity contribution is 6.31. The fraction of sp³-hybridized carbons (Fsp3) is 0.111. The molecule has 15 heavy (non-hydrogen) atoms. The first-order chi connectivity index (χ1) is 7.15. The molecule has 2 heterocycles. The smallest absolute Gasteiger partial charge is 0.227 e. The largest absolute Gasteiger partial charge is 0.250 e. The third kappa shape index (κ3) is 2.40. The summed E-state index contributed by atoms with van der Waals surface area (Å²) in [5, 5.41) is 0.126. The molecule has 0 amide bonds. The van der Waals surface area contributed by atoms with Gasteiger partial charge in [0.15, 0.2) is 5.82 Å². The molecule has 76 valence electrons. The van der Waals surface area contributed by atoms with Crippen LogP contribution in [0.2, 0.25) is 10.6 Å². The van der Waals surface area contributed by atoms with Crippen LogP contribution in [0.15, 0.2) is 18.2 Å². The highest BCUT2D eigenvalue weighted by Gasteiger charge is 2.06. The maximum absolute atomic E-state index is 5.67. The zero-order valence-electron chi connectivity index (χ0n) is 7.78. The second-order valence-corrected chi connectivity index (χ2v) is 3.54. The molecule has 0 aromatic carbocycles. The van der Waals surface area contributed by atoms with Crippen LogP contribution in [-0.4, -0.2) is 19.9 Å². The molecule has 2 aromatic rings. The number of hydrogen-bond donors (Lipinski definition) is 0. The van der Waals surface area contributed by atoms with E-state index < -0.39 is 0 Å². The minimum atomic E-state index is 0.0632. The Hall–Kier alpha value is -1.26. The Labute approximate surface area is 96.3 Å². The summed E-state index contributed by atoms with van der Waals surface area (Å²) < 4.78 is 0. The van der Waals surface area contributed by atoms with Gasteiger partial charge in [0.2, 0.25) is 10.6 Å². The Morgan fingerprint density at radius 2 is 1.60 bits per heavy atom. The highest BCUT2D eigenvalue weighted by atomic mass is 35.5. The molecule has 0 saturated heterocycles. The van der Waals surface area contributed by atoms with Crippen molar-refractivity contribution >= 4 is 23.2 Å². The minimum absolute atomic E-state index is 0.0632. The zero-order valence-corrected chi connectivity index (χ0v) is 9.29. The van der Waals surface area contributed by atoms with Gasteiger partial charge in [-0.25, -0.2) is 4.98 Å². The van der Waals surface area contributed by atoms with Crippen LogP contribution in [-0.2, 0) is 0 Å². The van der Waals surface area contributed by atoms with E-state index in [4.69, 9.17) is 23.2 Å². The number of aryl methyl sites for hydroxylation is 1.